The summed E-state index contributed by atoms with van der Waals surface area (Å²) in [6, 6.07) is -1.92. The van der Waals surface area contributed by atoms with Gasteiger partial charge in [0.2, 0.25) is 70.9 Å². The zero-order valence-electron chi connectivity index (χ0n) is 73.3. The summed E-state index contributed by atoms with van der Waals surface area (Å²) in [7, 11) is 0. The fourth-order valence-corrected chi connectivity index (χ4v) is 20.0. The first-order valence-electron chi connectivity index (χ1n) is 43.6. The highest BCUT2D eigenvalue weighted by Gasteiger charge is 2.66. The summed E-state index contributed by atoms with van der Waals surface area (Å²) in [4.78, 5) is 217. The minimum atomic E-state index is -1.42. The number of carboxylic acid groups (broad SMARTS) is 3. The Balaban J connectivity index is 0.844. The maximum Gasteiger partial charge on any atom is 0.317 e. The summed E-state index contributed by atoms with van der Waals surface area (Å²) >= 11 is 1.46. The van der Waals surface area contributed by atoms with E-state index in [1.54, 1.807) is 45.7 Å². The number of aliphatic carboxylic acids is 3. The second-order valence-electron chi connectivity index (χ2n) is 36.0. The number of hydrogen-bond acceptors (Lipinski definition) is 23. The standard InChI is InChI=1S/C85H133N19O20S/c1-47(2)32-62(81(122)97-60(77(87)118)21-31-125-9)98-82(123)64(36-54-39-88-46-92-54)96-70(110)41-91-83(124)76(48(3)4)100-78(119)50(6)93-80(121)63(33-51-38-89-59-13-11-10-12-55(51)59)99-79(120)61(17-18-67(86)107)95-68(108)19-14-49(5)56-15-16-57-75-58(37-66(106)85(56,57)8)84(7)22-20-53(34-52(84)35-65(75)105)94-69(109)40-90-71(111)42-101-23-25-102(43-72(112)113)27-29-104(45-74(116)117)30-28-103(26-24-101)44-73(114)115/h10-13,38-39,46-50,52-53,56-58,60-66,75-76,89,105-106H,14-37,40-45H2,1-9H3,(H2,86,107)(H2,87,118)(H,88,92)(H,90,111)(H,91,124)(H,93,121)(H,94,109)(H,95,108)(H,96,110)(H,97,122)(H,98,123)(H,99,120)(H,100,119)(H,112,113)(H,114,115)(H,116,117)/t49-,50?,52?,53?,56?,57?,58?,60+,61?,62?,63+,64+,65-,66+,75?,76+,84?,85?/m1/s1. The zero-order chi connectivity index (χ0) is 91.7. The first-order chi connectivity index (χ1) is 59.1. The van der Waals surface area contributed by atoms with E-state index in [9.17, 15) is 97.5 Å². The normalized spacial score (nSPS) is 24.6. The van der Waals surface area contributed by atoms with E-state index in [0.717, 1.165) is 23.7 Å². The lowest BCUT2D eigenvalue weighted by Gasteiger charge is -2.63. The number of benzene rings is 1. The van der Waals surface area contributed by atoms with Crippen LogP contribution in [0.3, 0.4) is 0 Å². The van der Waals surface area contributed by atoms with Gasteiger partial charge in [0.15, 0.2) is 0 Å². The number of carbonyl (C=O) groups excluding carboxylic acids is 12. The first-order valence-corrected chi connectivity index (χ1v) is 45.0. The van der Waals surface area contributed by atoms with Crippen molar-refractivity contribution in [3.8, 4) is 0 Å². The Bertz CT molecular complexity index is 4200. The van der Waals surface area contributed by atoms with Crippen LogP contribution in [-0.2, 0) is 84.8 Å². The number of H-pyrrole nitrogens is 2. The quantitative estimate of drug-likeness (QED) is 0.0306. The number of aliphatic hydroxyl groups is 2. The van der Waals surface area contributed by atoms with Gasteiger partial charge >= 0.3 is 17.9 Å². The van der Waals surface area contributed by atoms with Gasteiger partial charge in [0.1, 0.15) is 42.3 Å². The van der Waals surface area contributed by atoms with Crippen molar-refractivity contribution < 1.29 is 97.5 Å². The summed E-state index contributed by atoms with van der Waals surface area (Å²) in [5.41, 5.74) is 12.1. The molecule has 0 spiro atoms. The van der Waals surface area contributed by atoms with Gasteiger partial charge in [-0.3, -0.25) is 91.5 Å². The predicted octanol–water partition coefficient (Wildman–Crippen LogP) is -1.49. The van der Waals surface area contributed by atoms with Crippen LogP contribution in [0.15, 0.2) is 43.0 Å². The third-order valence-corrected chi connectivity index (χ3v) is 26.9. The van der Waals surface area contributed by atoms with Gasteiger partial charge in [-0.1, -0.05) is 66.7 Å². The van der Waals surface area contributed by atoms with Gasteiger partial charge < -0.3 is 100 Å². The van der Waals surface area contributed by atoms with Crippen LogP contribution < -0.4 is 64.6 Å². The molecule has 694 valence electrons. The molecule has 12 amide bonds. The second kappa shape index (κ2) is 47.1. The lowest BCUT2D eigenvalue weighted by Crippen LogP contribution is -2.63. The number of thioether (sulfide) groups is 1. The van der Waals surface area contributed by atoms with E-state index in [1.807, 2.05) is 45.2 Å². The lowest BCUT2D eigenvalue weighted by atomic mass is 9.43. The van der Waals surface area contributed by atoms with Crippen LogP contribution in [0.2, 0.25) is 0 Å². The number of nitrogens with two attached hydrogens (primary N) is 2. The molecule has 3 aromatic rings. The van der Waals surface area contributed by atoms with Crippen molar-refractivity contribution in [3.05, 3.63) is 54.2 Å². The smallest absolute Gasteiger partial charge is 0.317 e. The number of primary amides is 2. The van der Waals surface area contributed by atoms with Crippen LogP contribution in [0, 0.1) is 58.2 Å². The molecule has 21 N–H and O–H groups in total. The average Bonchev–Trinajstić information content (AvgIpc) is 1.60. The van der Waals surface area contributed by atoms with E-state index in [-0.39, 0.29) is 183 Å². The summed E-state index contributed by atoms with van der Waals surface area (Å²) in [5.74, 6) is -12.3. The minimum Gasteiger partial charge on any atom is -0.480 e. The molecular weight excluding hydrogens is 1640 g/mol. The first kappa shape index (κ1) is 101. The number of nitrogens with one attached hydrogen (secondary N) is 12. The van der Waals surface area contributed by atoms with E-state index in [1.165, 1.54) is 31.2 Å². The van der Waals surface area contributed by atoms with Crippen molar-refractivity contribution in [3.63, 3.8) is 0 Å². The fraction of sp³-hybridized carbons (Fsp3) is 0.694. The van der Waals surface area contributed by atoms with E-state index < -0.39 is 161 Å². The molecule has 125 heavy (non-hydrogen) atoms. The SMILES string of the molecule is CSCC[C@H](NC(=O)C(CC(C)C)NC(=O)[C@H](Cc1cnc[nH]1)NC(=O)CNC(=O)[C@@H](NC(=O)C(C)NC(=O)[C@H](Cc1c[nH]c2ccccc12)NC(=O)C(CCC(N)=O)NC(=O)CC[C@@H](C)C1CCC2C3C(C[C@H](O)C21C)C1(C)CCC(NC(=O)CNC(=O)CN2CCN(CC(=O)O)CCN(CC(=O)O)CCN(CC(=O)O)CC2)CC1C[C@H]3O)C(C)C)C(N)=O. The number of carboxylic acids is 3. The number of carbonyl (C=O) groups is 15. The molecule has 8 rings (SSSR count). The van der Waals surface area contributed by atoms with Gasteiger partial charge in [0, 0.05) is 113 Å². The van der Waals surface area contributed by atoms with Crippen molar-refractivity contribution in [1.82, 2.24) is 87.7 Å². The van der Waals surface area contributed by atoms with E-state index in [4.69, 9.17) is 11.5 Å². The largest absolute Gasteiger partial charge is 0.480 e. The Hall–Kier alpha value is -9.87. The third-order valence-electron chi connectivity index (χ3n) is 26.3. The molecular formula is C85H133N19O20S. The second-order valence-corrected chi connectivity index (χ2v) is 37.0. The van der Waals surface area contributed by atoms with E-state index in [2.05, 4.69) is 82.0 Å². The van der Waals surface area contributed by atoms with Gasteiger partial charge in [-0.2, -0.15) is 11.8 Å². The van der Waals surface area contributed by atoms with Gasteiger partial charge in [-0.05, 0) is 159 Å². The summed E-state index contributed by atoms with van der Waals surface area (Å²) in [6.45, 7) is 14.3. The molecule has 0 radical (unpaired) electrons. The summed E-state index contributed by atoms with van der Waals surface area (Å²) < 4.78 is 0. The van der Waals surface area contributed by atoms with Crippen LogP contribution in [0.25, 0.3) is 10.9 Å². The van der Waals surface area contributed by atoms with Crippen LogP contribution in [0.5, 0.6) is 0 Å². The third kappa shape index (κ3) is 29.1. The maximum atomic E-state index is 14.7. The van der Waals surface area contributed by atoms with Crippen LogP contribution in [-0.4, -0.2) is 313 Å². The monoisotopic (exact) mass is 1770 g/mol. The molecule has 1 aromatic carbocycles. The number of amides is 12. The van der Waals surface area contributed by atoms with Crippen molar-refractivity contribution in [2.24, 2.45) is 69.6 Å². The Morgan fingerprint density at radius 1 is 0.568 bits per heavy atom. The number of aromatic nitrogens is 3. The maximum absolute atomic E-state index is 14.7. The molecule has 2 aromatic heterocycles. The predicted molar refractivity (Wildman–Crippen MR) is 461 cm³/mol. The Morgan fingerprint density at radius 2 is 1.14 bits per heavy atom. The van der Waals surface area contributed by atoms with Gasteiger partial charge in [-0.15, -0.1) is 0 Å². The number of aliphatic hydroxyl groups excluding tert-OH is 2. The number of rotatable bonds is 44. The highest BCUT2D eigenvalue weighted by atomic mass is 32.2. The Kier molecular flexibility index (Phi) is 37.9. The van der Waals surface area contributed by atoms with Crippen molar-refractivity contribution in [2.75, 3.05) is 104 Å². The molecule has 4 aliphatic carbocycles. The number of para-hydroxylation sites is 1. The topological polar surface area (TPSA) is 587 Å². The van der Waals surface area contributed by atoms with Crippen LogP contribution in [0.4, 0.5) is 0 Å². The van der Waals surface area contributed by atoms with Crippen molar-refractivity contribution in [1.29, 1.82) is 0 Å². The summed E-state index contributed by atoms with van der Waals surface area (Å²) in [5, 5.41) is 81.6. The number of nitrogens with zero attached hydrogens (tertiary/aromatic N) is 5. The Labute approximate surface area is 733 Å². The zero-order valence-corrected chi connectivity index (χ0v) is 74.1. The number of imidazole rings is 1. The van der Waals surface area contributed by atoms with Gasteiger partial charge in [0.05, 0.1) is 57.8 Å². The molecule has 5 aliphatic rings. The van der Waals surface area contributed by atoms with Gasteiger partial charge in [-0.25, -0.2) is 4.98 Å². The van der Waals surface area contributed by atoms with Crippen molar-refractivity contribution in [2.45, 2.75) is 212 Å². The molecule has 39 nitrogen and oxygen atoms in total. The van der Waals surface area contributed by atoms with Crippen LogP contribution >= 0.6 is 11.8 Å². The molecule has 3 heterocycles. The number of aromatic amines is 2. The summed E-state index contributed by atoms with van der Waals surface area (Å²) in [6.07, 6.45) is 8.98. The van der Waals surface area contributed by atoms with E-state index in [0.29, 0.717) is 55.5 Å². The average molecular weight is 1770 g/mol. The molecule has 4 saturated carbocycles. The molecule has 0 bridgehead atoms. The molecule has 1 aliphatic heterocycles. The van der Waals surface area contributed by atoms with Gasteiger partial charge in [0.25, 0.3) is 0 Å². The molecule has 1 saturated heterocycles. The number of hydrogen-bond donors (Lipinski definition) is 19. The highest BCUT2D eigenvalue weighted by molar-refractivity contribution is 7.98. The fourth-order valence-electron chi connectivity index (χ4n) is 19.5. The lowest BCUT2D eigenvalue weighted by molar-refractivity contribution is -0.202. The van der Waals surface area contributed by atoms with E-state index >= 15 is 0 Å². The molecule has 40 heteroatoms. The molecule has 18 atom stereocenters. The minimum absolute atomic E-state index is 0.00736. The highest BCUT2D eigenvalue weighted by Crippen LogP contribution is 2.68. The van der Waals surface area contributed by atoms with Crippen LogP contribution in [0.1, 0.15) is 150 Å². The molecule has 11 unspecified atom stereocenters. The Morgan fingerprint density at radius 3 is 1.72 bits per heavy atom. The number of fused-ring (bicyclic) bond motifs is 6. The van der Waals surface area contributed by atoms with Crippen molar-refractivity contribution >= 4 is 111 Å². The molecule has 5 fully saturated rings.